The van der Waals surface area contributed by atoms with Gasteiger partial charge < -0.3 is 19.5 Å². The van der Waals surface area contributed by atoms with E-state index in [1.807, 2.05) is 78.5 Å². The van der Waals surface area contributed by atoms with Crippen LogP contribution in [-0.4, -0.2) is 34.1 Å². The van der Waals surface area contributed by atoms with Crippen LogP contribution in [0.3, 0.4) is 0 Å². The van der Waals surface area contributed by atoms with Gasteiger partial charge in [-0.05, 0) is 125 Å². The quantitative estimate of drug-likeness (QED) is 0.343. The number of nitrogens with zero attached hydrogens (tertiary/aromatic N) is 1. The predicted molar refractivity (Wildman–Crippen MR) is 161 cm³/mol. The van der Waals surface area contributed by atoms with E-state index in [0.717, 1.165) is 50.9 Å². The van der Waals surface area contributed by atoms with E-state index in [4.69, 9.17) is 9.47 Å². The first kappa shape index (κ1) is 29.8. The Labute approximate surface area is 247 Å². The second kappa shape index (κ2) is 10.8. The van der Waals surface area contributed by atoms with Crippen LogP contribution in [0.1, 0.15) is 93.7 Å². The van der Waals surface area contributed by atoms with E-state index in [0.29, 0.717) is 48.4 Å². The van der Waals surface area contributed by atoms with Crippen LogP contribution >= 0.6 is 0 Å². The first-order valence-corrected chi connectivity index (χ1v) is 14.6. The van der Waals surface area contributed by atoms with Crippen LogP contribution in [0.4, 0.5) is 4.39 Å². The number of aryl methyl sites for hydroxylation is 2. The zero-order valence-corrected chi connectivity index (χ0v) is 25.8. The molecule has 0 saturated carbocycles. The molecule has 0 saturated heterocycles. The number of carboxylic acid groups (broad SMARTS) is 1. The van der Waals surface area contributed by atoms with Crippen molar-refractivity contribution in [2.75, 3.05) is 6.61 Å². The van der Waals surface area contributed by atoms with Crippen LogP contribution in [0.25, 0.3) is 11.1 Å². The van der Waals surface area contributed by atoms with Crippen LogP contribution in [0.5, 0.6) is 5.75 Å². The summed E-state index contributed by atoms with van der Waals surface area (Å²) in [5.74, 6) is -1.36. The molecule has 2 aliphatic heterocycles. The van der Waals surface area contributed by atoms with E-state index in [-0.39, 0.29) is 11.7 Å². The molecule has 222 valence electrons. The lowest BCUT2D eigenvalue weighted by Crippen LogP contribution is -2.29. The normalized spacial score (nSPS) is 15.2. The third kappa shape index (κ3) is 5.19. The van der Waals surface area contributed by atoms with E-state index >= 15 is 4.39 Å². The lowest BCUT2D eigenvalue weighted by atomic mass is 9.81. The first-order valence-electron chi connectivity index (χ1n) is 14.6. The predicted octanol–water partition coefficient (Wildman–Crippen LogP) is 7.46. The summed E-state index contributed by atoms with van der Waals surface area (Å²) in [4.78, 5) is 28.4. The molecule has 0 radical (unpaired) electrons. The monoisotopic (exact) mass is 573 g/mol. The third-order valence-electron chi connectivity index (χ3n) is 8.58. The van der Waals surface area contributed by atoms with Crippen LogP contribution in [0, 0.1) is 40.4 Å². The average molecular weight is 574 g/mol. The molecule has 0 bridgehead atoms. The molecule has 5 rings (SSSR count). The van der Waals surface area contributed by atoms with Crippen molar-refractivity contribution in [1.82, 2.24) is 4.90 Å². The summed E-state index contributed by atoms with van der Waals surface area (Å²) in [7, 11) is 0. The number of halogens is 1. The maximum Gasteiger partial charge on any atom is 0.337 e. The van der Waals surface area contributed by atoms with Crippen molar-refractivity contribution in [3.05, 3.63) is 85.7 Å². The molecule has 0 fully saturated rings. The summed E-state index contributed by atoms with van der Waals surface area (Å²) >= 11 is 0. The summed E-state index contributed by atoms with van der Waals surface area (Å²) in [6.07, 6.45) is 0.179. The largest absolute Gasteiger partial charge is 0.490 e. The number of amides is 1. The number of rotatable bonds is 5. The van der Waals surface area contributed by atoms with Crippen molar-refractivity contribution < 1.29 is 28.6 Å². The number of carboxylic acids is 1. The van der Waals surface area contributed by atoms with Gasteiger partial charge in [0.2, 0.25) is 0 Å². The minimum atomic E-state index is -1.29. The highest BCUT2D eigenvalue weighted by molar-refractivity contribution is 5.96. The standard InChI is InChI=1S/C35H40FNO5/c1-18-11-12-23(19(2)14-18)33(38)37-16-26-21(4)29(25-15-28(36)31-24(20(25)3)10-9-13-41-31)30(22(5)27(26)17-37)32(34(39)40)42-35(6,7)8/h11-12,14-15,32H,9-10,13,16-17H2,1-8H3,(H,39,40)/t32-/m0/s1. The van der Waals surface area contributed by atoms with Gasteiger partial charge in [-0.25, -0.2) is 9.18 Å². The van der Waals surface area contributed by atoms with Gasteiger partial charge in [-0.1, -0.05) is 17.7 Å². The summed E-state index contributed by atoms with van der Waals surface area (Å²) in [6, 6.07) is 7.28. The summed E-state index contributed by atoms with van der Waals surface area (Å²) in [5.41, 5.74) is 8.88. The lowest BCUT2D eigenvalue weighted by Gasteiger charge is -2.31. The minimum Gasteiger partial charge on any atom is -0.490 e. The Balaban J connectivity index is 1.74. The van der Waals surface area contributed by atoms with Gasteiger partial charge in [-0.2, -0.15) is 0 Å². The number of benzene rings is 3. The summed E-state index contributed by atoms with van der Waals surface area (Å²) in [5, 5.41) is 10.5. The van der Waals surface area contributed by atoms with E-state index in [2.05, 4.69) is 0 Å². The van der Waals surface area contributed by atoms with Crippen LogP contribution in [0.2, 0.25) is 0 Å². The van der Waals surface area contributed by atoms with Gasteiger partial charge >= 0.3 is 5.97 Å². The molecule has 2 heterocycles. The fourth-order valence-electron chi connectivity index (χ4n) is 6.57. The zero-order valence-electron chi connectivity index (χ0n) is 25.8. The zero-order chi connectivity index (χ0) is 30.7. The molecule has 0 aliphatic carbocycles. The first-order chi connectivity index (χ1) is 19.7. The van der Waals surface area contributed by atoms with Gasteiger partial charge in [0.1, 0.15) is 0 Å². The molecule has 42 heavy (non-hydrogen) atoms. The van der Waals surface area contributed by atoms with Crippen molar-refractivity contribution in [3.63, 3.8) is 0 Å². The molecule has 6 nitrogen and oxygen atoms in total. The molecule has 7 heteroatoms. The molecule has 3 aromatic rings. The van der Waals surface area contributed by atoms with Gasteiger partial charge in [-0.3, -0.25) is 4.79 Å². The van der Waals surface area contributed by atoms with Crippen molar-refractivity contribution in [1.29, 1.82) is 0 Å². The second-order valence-corrected chi connectivity index (χ2v) is 12.7. The van der Waals surface area contributed by atoms with Gasteiger partial charge in [-0.15, -0.1) is 0 Å². The highest BCUT2D eigenvalue weighted by Crippen LogP contribution is 2.47. The molecule has 1 amide bonds. The SMILES string of the molecule is Cc1ccc(C(=O)N2Cc3c(C)c(-c4cc(F)c5c(c4C)CCCO5)c([C@H](OC(C)(C)C)C(=O)O)c(C)c3C2)c(C)c1. The third-order valence-corrected chi connectivity index (χ3v) is 8.58. The fraction of sp³-hybridized carbons (Fsp3) is 0.429. The number of fused-ring (bicyclic) bond motifs is 2. The molecule has 1 N–H and O–H groups in total. The van der Waals surface area contributed by atoms with Crippen LogP contribution in [0.15, 0.2) is 24.3 Å². The van der Waals surface area contributed by atoms with E-state index in [1.165, 1.54) is 6.07 Å². The summed E-state index contributed by atoms with van der Waals surface area (Å²) < 4.78 is 27.5. The van der Waals surface area contributed by atoms with Crippen molar-refractivity contribution >= 4 is 11.9 Å². The molecule has 2 aliphatic rings. The number of ether oxygens (including phenoxy) is 2. The average Bonchev–Trinajstić information content (AvgIpc) is 3.37. The number of aliphatic carboxylic acids is 1. The molecular formula is C35H40FNO5. The van der Waals surface area contributed by atoms with Crippen LogP contribution in [-0.2, 0) is 29.0 Å². The van der Waals surface area contributed by atoms with Crippen molar-refractivity contribution in [2.45, 2.75) is 93.0 Å². The molecule has 0 aromatic heterocycles. The second-order valence-electron chi connectivity index (χ2n) is 12.7. The van der Waals surface area contributed by atoms with E-state index in [1.54, 1.807) is 0 Å². The number of hydrogen-bond donors (Lipinski definition) is 1. The number of carbonyl (C=O) groups excluding carboxylic acids is 1. The maximum absolute atomic E-state index is 15.6. The van der Waals surface area contributed by atoms with Crippen molar-refractivity contribution in [2.24, 2.45) is 0 Å². The Morgan fingerprint density at radius 3 is 2.26 bits per heavy atom. The van der Waals surface area contributed by atoms with Gasteiger partial charge in [0.15, 0.2) is 17.7 Å². The summed E-state index contributed by atoms with van der Waals surface area (Å²) in [6.45, 7) is 16.4. The molecular weight excluding hydrogens is 533 g/mol. The Kier molecular flexibility index (Phi) is 7.69. The van der Waals surface area contributed by atoms with Crippen molar-refractivity contribution in [3.8, 4) is 16.9 Å². The fourth-order valence-corrected chi connectivity index (χ4v) is 6.57. The molecule has 1 atom stereocenters. The smallest absolute Gasteiger partial charge is 0.337 e. The number of carbonyl (C=O) groups is 2. The van der Waals surface area contributed by atoms with Gasteiger partial charge in [0.25, 0.3) is 5.91 Å². The topological polar surface area (TPSA) is 76.1 Å². The Bertz CT molecular complexity index is 1620. The Hall–Kier alpha value is -3.71. The van der Waals surface area contributed by atoms with Gasteiger partial charge in [0.05, 0.1) is 12.2 Å². The molecule has 0 spiro atoms. The highest BCUT2D eigenvalue weighted by Gasteiger charge is 2.37. The Morgan fingerprint density at radius 1 is 0.976 bits per heavy atom. The van der Waals surface area contributed by atoms with E-state index in [9.17, 15) is 14.7 Å². The maximum atomic E-state index is 15.6. The number of hydrogen-bond acceptors (Lipinski definition) is 4. The Morgan fingerprint density at radius 2 is 1.64 bits per heavy atom. The highest BCUT2D eigenvalue weighted by atomic mass is 19.1. The van der Waals surface area contributed by atoms with Gasteiger partial charge in [0, 0.05) is 29.8 Å². The molecule has 0 unspecified atom stereocenters. The minimum absolute atomic E-state index is 0.0699. The van der Waals surface area contributed by atoms with E-state index < -0.39 is 23.5 Å². The lowest BCUT2D eigenvalue weighted by molar-refractivity contribution is -0.160. The van der Waals surface area contributed by atoms with Crippen LogP contribution < -0.4 is 4.74 Å². The molecule has 3 aromatic carbocycles.